The Kier molecular flexibility index (Phi) is 7.86. The van der Waals surface area contributed by atoms with Crippen molar-refractivity contribution in [3.63, 3.8) is 0 Å². The molecule has 0 bridgehead atoms. The van der Waals surface area contributed by atoms with Gasteiger partial charge in [0.05, 0.1) is 12.3 Å². The summed E-state index contributed by atoms with van der Waals surface area (Å²) < 4.78 is 11.1. The Balaban J connectivity index is 1.50. The first kappa shape index (κ1) is 23.4. The zero-order chi connectivity index (χ0) is 22.4. The number of carbonyl (C=O) groups excluding carboxylic acids is 2. The zero-order valence-electron chi connectivity index (χ0n) is 19.4. The van der Waals surface area contributed by atoms with Crippen LogP contribution < -0.4 is 5.32 Å². The fourth-order valence-corrected chi connectivity index (χ4v) is 4.44. The van der Waals surface area contributed by atoms with Crippen molar-refractivity contribution in [2.45, 2.75) is 58.1 Å². The molecule has 2 aliphatic heterocycles. The number of piperidine rings is 1. The van der Waals surface area contributed by atoms with E-state index in [9.17, 15) is 9.59 Å². The fraction of sp³-hybridized carbons (Fsp3) is 0.739. The monoisotopic (exact) mass is 434 g/mol. The predicted molar refractivity (Wildman–Crippen MR) is 119 cm³/mol. The lowest BCUT2D eigenvalue weighted by Gasteiger charge is -2.35. The molecule has 3 heterocycles. The van der Waals surface area contributed by atoms with E-state index in [1.807, 2.05) is 37.8 Å². The van der Waals surface area contributed by atoms with Crippen molar-refractivity contribution in [2.75, 3.05) is 46.3 Å². The summed E-state index contributed by atoms with van der Waals surface area (Å²) in [6, 6.07) is 3.91. The third-order valence-electron chi connectivity index (χ3n) is 5.94. The summed E-state index contributed by atoms with van der Waals surface area (Å²) in [5.74, 6) is 1.15. The van der Waals surface area contributed by atoms with Gasteiger partial charge in [0.25, 0.3) is 0 Å². The standard InChI is InChI=1S/C23H38N4O4/c1-23(2,3)31-22(29)25(4)16-18-9-7-13-27(17-18)21(28)24-15-19(20-10-8-14-30-20)26-11-5-6-12-26/h8,10,14,18-19H,5-7,9,11-13,15-17H2,1-4H3,(H,24,28)/t18-,19-/m0/s1. The Hall–Kier alpha value is -2.22. The first-order valence-electron chi connectivity index (χ1n) is 11.5. The van der Waals surface area contributed by atoms with Gasteiger partial charge in [-0.25, -0.2) is 9.59 Å². The van der Waals surface area contributed by atoms with E-state index in [2.05, 4.69) is 10.2 Å². The third-order valence-corrected chi connectivity index (χ3v) is 5.94. The summed E-state index contributed by atoms with van der Waals surface area (Å²) in [6.45, 7) is 10.2. The lowest BCUT2D eigenvalue weighted by atomic mass is 9.98. The molecule has 31 heavy (non-hydrogen) atoms. The fourth-order valence-electron chi connectivity index (χ4n) is 4.44. The number of hydrogen-bond acceptors (Lipinski definition) is 5. The SMILES string of the molecule is CN(C[C@@H]1CCCN(C(=O)NC[C@@H](c2ccco2)N2CCCC2)C1)C(=O)OC(C)(C)C. The van der Waals surface area contributed by atoms with Crippen molar-refractivity contribution in [2.24, 2.45) is 5.92 Å². The Morgan fingerprint density at radius 1 is 1.26 bits per heavy atom. The van der Waals surface area contributed by atoms with Crippen LogP contribution in [0.5, 0.6) is 0 Å². The smallest absolute Gasteiger partial charge is 0.410 e. The summed E-state index contributed by atoms with van der Waals surface area (Å²) in [7, 11) is 1.76. The normalized spacial score (nSPS) is 21.0. The van der Waals surface area contributed by atoms with Crippen LogP contribution >= 0.6 is 0 Å². The number of urea groups is 1. The maximum absolute atomic E-state index is 12.9. The van der Waals surface area contributed by atoms with Crippen molar-refractivity contribution < 1.29 is 18.7 Å². The van der Waals surface area contributed by atoms with Gasteiger partial charge in [0.15, 0.2) is 0 Å². The molecule has 0 unspecified atom stereocenters. The van der Waals surface area contributed by atoms with Gasteiger partial charge in [-0.2, -0.15) is 0 Å². The second-order valence-electron chi connectivity index (χ2n) is 9.78. The lowest BCUT2D eigenvalue weighted by molar-refractivity contribution is 0.0252. The van der Waals surface area contributed by atoms with Gasteiger partial charge in [-0.3, -0.25) is 4.90 Å². The molecule has 8 nitrogen and oxygen atoms in total. The second-order valence-corrected chi connectivity index (χ2v) is 9.78. The molecule has 2 atom stereocenters. The van der Waals surface area contributed by atoms with Gasteiger partial charge in [0.2, 0.25) is 0 Å². The number of likely N-dealkylation sites (tertiary alicyclic amines) is 2. The molecule has 3 rings (SSSR count). The van der Waals surface area contributed by atoms with Gasteiger partial charge in [0, 0.05) is 33.2 Å². The molecule has 1 aromatic rings. The van der Waals surface area contributed by atoms with Crippen LogP contribution in [-0.4, -0.2) is 78.7 Å². The average molecular weight is 435 g/mol. The molecule has 0 aromatic carbocycles. The molecular formula is C23H38N4O4. The molecule has 8 heteroatoms. The molecule has 174 valence electrons. The minimum atomic E-state index is -0.510. The first-order valence-corrected chi connectivity index (χ1v) is 11.5. The second kappa shape index (κ2) is 10.4. The van der Waals surface area contributed by atoms with Crippen LogP contribution in [-0.2, 0) is 4.74 Å². The van der Waals surface area contributed by atoms with Crippen LogP contribution in [0.25, 0.3) is 0 Å². The van der Waals surface area contributed by atoms with Crippen LogP contribution in [0.3, 0.4) is 0 Å². The molecule has 0 radical (unpaired) electrons. The van der Waals surface area contributed by atoms with Crippen molar-refractivity contribution in [3.05, 3.63) is 24.2 Å². The molecule has 0 saturated carbocycles. The molecule has 3 amide bonds. The van der Waals surface area contributed by atoms with E-state index in [1.54, 1.807) is 18.2 Å². The van der Waals surface area contributed by atoms with E-state index >= 15 is 0 Å². The minimum absolute atomic E-state index is 0.0413. The lowest BCUT2D eigenvalue weighted by Crippen LogP contribution is -2.49. The predicted octanol–water partition coefficient (Wildman–Crippen LogP) is 3.71. The summed E-state index contributed by atoms with van der Waals surface area (Å²) >= 11 is 0. The number of rotatable bonds is 6. The van der Waals surface area contributed by atoms with Crippen LogP contribution in [0.2, 0.25) is 0 Å². The number of hydrogen-bond donors (Lipinski definition) is 1. The highest BCUT2D eigenvalue weighted by Gasteiger charge is 2.29. The quantitative estimate of drug-likeness (QED) is 0.739. The molecule has 1 N–H and O–H groups in total. The van der Waals surface area contributed by atoms with Crippen molar-refractivity contribution in [1.29, 1.82) is 0 Å². The molecular weight excluding hydrogens is 396 g/mol. The maximum Gasteiger partial charge on any atom is 0.410 e. The van der Waals surface area contributed by atoms with Gasteiger partial charge in [-0.1, -0.05) is 0 Å². The number of nitrogens with one attached hydrogen (secondary N) is 1. The van der Waals surface area contributed by atoms with E-state index in [1.165, 1.54) is 12.8 Å². The van der Waals surface area contributed by atoms with Gasteiger partial charge < -0.3 is 24.3 Å². The van der Waals surface area contributed by atoms with Crippen molar-refractivity contribution in [3.8, 4) is 0 Å². The van der Waals surface area contributed by atoms with E-state index < -0.39 is 5.60 Å². The average Bonchev–Trinajstić information content (AvgIpc) is 3.41. The highest BCUT2D eigenvalue weighted by atomic mass is 16.6. The topological polar surface area (TPSA) is 78.3 Å². The summed E-state index contributed by atoms with van der Waals surface area (Å²) in [6.07, 6.45) is 5.68. The van der Waals surface area contributed by atoms with Crippen LogP contribution in [0.4, 0.5) is 9.59 Å². The molecule has 1 aromatic heterocycles. The number of furan rings is 1. The van der Waals surface area contributed by atoms with Crippen molar-refractivity contribution >= 4 is 12.1 Å². The molecule has 0 spiro atoms. The van der Waals surface area contributed by atoms with E-state index in [0.717, 1.165) is 38.2 Å². The van der Waals surface area contributed by atoms with E-state index in [-0.39, 0.29) is 24.1 Å². The van der Waals surface area contributed by atoms with Crippen LogP contribution in [0.1, 0.15) is 58.3 Å². The highest BCUT2D eigenvalue weighted by molar-refractivity contribution is 5.74. The molecule has 2 saturated heterocycles. The minimum Gasteiger partial charge on any atom is -0.468 e. The Bertz CT molecular complexity index is 710. The zero-order valence-corrected chi connectivity index (χ0v) is 19.4. The molecule has 0 aliphatic carbocycles. The van der Waals surface area contributed by atoms with E-state index in [0.29, 0.717) is 19.6 Å². The molecule has 2 aliphatic rings. The number of ether oxygens (including phenoxy) is 1. The highest BCUT2D eigenvalue weighted by Crippen LogP contribution is 2.25. The van der Waals surface area contributed by atoms with Gasteiger partial charge in [-0.05, 0) is 77.6 Å². The third kappa shape index (κ3) is 6.89. The molecule has 2 fully saturated rings. The van der Waals surface area contributed by atoms with Crippen molar-refractivity contribution in [1.82, 2.24) is 20.0 Å². The Labute approximate surface area is 185 Å². The van der Waals surface area contributed by atoms with Gasteiger partial charge in [-0.15, -0.1) is 0 Å². The van der Waals surface area contributed by atoms with Gasteiger partial charge >= 0.3 is 12.1 Å². The number of amides is 3. The Morgan fingerprint density at radius 2 is 2.00 bits per heavy atom. The number of carbonyl (C=O) groups is 2. The first-order chi connectivity index (χ1) is 14.7. The van der Waals surface area contributed by atoms with Gasteiger partial charge in [0.1, 0.15) is 11.4 Å². The van der Waals surface area contributed by atoms with E-state index in [4.69, 9.17) is 9.15 Å². The summed E-state index contributed by atoms with van der Waals surface area (Å²) in [4.78, 5) is 31.0. The number of nitrogens with zero attached hydrogens (tertiary/aromatic N) is 3. The summed E-state index contributed by atoms with van der Waals surface area (Å²) in [5, 5.41) is 3.13. The van der Waals surface area contributed by atoms with Crippen LogP contribution in [0, 0.1) is 5.92 Å². The summed E-state index contributed by atoms with van der Waals surface area (Å²) in [5.41, 5.74) is -0.510. The Morgan fingerprint density at radius 3 is 2.65 bits per heavy atom. The largest absolute Gasteiger partial charge is 0.468 e. The maximum atomic E-state index is 12.9. The van der Waals surface area contributed by atoms with Crippen LogP contribution in [0.15, 0.2) is 22.8 Å².